The number of carbonyl (C=O) groups is 1. The number of carboxylic acid groups (broad SMARTS) is 1. The van der Waals surface area contributed by atoms with Crippen molar-refractivity contribution in [1.82, 2.24) is 24.9 Å². The number of nitrogens with one attached hydrogen (secondary N) is 1. The molecule has 2 N–H and O–H groups in total. The molecule has 0 aliphatic rings. The number of aliphatic carboxylic acids is 1. The summed E-state index contributed by atoms with van der Waals surface area (Å²) in [6.45, 7) is 1.36. The number of rotatable bonds is 7. The highest BCUT2D eigenvalue weighted by Gasteiger charge is 2.11. The predicted molar refractivity (Wildman–Crippen MR) is 112 cm³/mol. The molecule has 4 aromatic rings. The maximum Gasteiger partial charge on any atom is 0.341 e. The van der Waals surface area contributed by atoms with E-state index in [1.807, 2.05) is 6.92 Å². The number of aromatic nitrogens is 5. The molecule has 3 aromatic heterocycles. The summed E-state index contributed by atoms with van der Waals surface area (Å²) in [6.07, 6.45) is 6.04. The number of fused-ring (bicyclic) bond motifs is 1. The smallest absolute Gasteiger partial charge is 0.341 e. The van der Waals surface area contributed by atoms with Crippen LogP contribution in [0.25, 0.3) is 10.9 Å². The molecule has 4 rings (SSSR count). The van der Waals surface area contributed by atoms with Crippen LogP contribution >= 0.6 is 11.6 Å². The zero-order chi connectivity index (χ0) is 21.8. The number of hydrogen-bond acceptors (Lipinski definition) is 9. The Kier molecular flexibility index (Phi) is 5.72. The Morgan fingerprint density at radius 3 is 2.68 bits per heavy atom. The average Bonchev–Trinajstić information content (AvgIpc) is 2.76. The van der Waals surface area contributed by atoms with E-state index in [1.165, 1.54) is 18.6 Å². The Balaban J connectivity index is 1.59. The van der Waals surface area contributed by atoms with Crippen LogP contribution in [0.3, 0.4) is 0 Å². The number of carboxylic acids is 1. The monoisotopic (exact) mass is 438 g/mol. The first kappa shape index (κ1) is 20.2. The van der Waals surface area contributed by atoms with Crippen LogP contribution in [-0.2, 0) is 4.79 Å². The van der Waals surface area contributed by atoms with Crippen LogP contribution in [0.5, 0.6) is 17.4 Å². The van der Waals surface area contributed by atoms with Crippen LogP contribution in [0.15, 0.2) is 49.2 Å². The van der Waals surface area contributed by atoms with Crippen molar-refractivity contribution in [3.05, 3.63) is 59.9 Å². The van der Waals surface area contributed by atoms with Gasteiger partial charge in [-0.15, -0.1) is 0 Å². The molecule has 0 spiro atoms. The van der Waals surface area contributed by atoms with Crippen molar-refractivity contribution in [2.75, 3.05) is 11.9 Å². The normalized spacial score (nSPS) is 10.6. The van der Waals surface area contributed by atoms with E-state index in [2.05, 4.69) is 30.2 Å². The van der Waals surface area contributed by atoms with Crippen molar-refractivity contribution in [3.8, 4) is 17.4 Å². The number of pyridine rings is 1. The molecule has 0 bridgehead atoms. The molecular formula is C20H15ClN6O4. The molecule has 0 aliphatic heterocycles. The minimum Gasteiger partial charge on any atom is -0.480 e. The number of halogens is 1. The molecule has 11 heteroatoms. The molecule has 1 aromatic carbocycles. The fourth-order valence-corrected chi connectivity index (χ4v) is 2.79. The number of aryl methyl sites for hydroxylation is 1. The second kappa shape index (κ2) is 8.76. The Labute approximate surface area is 180 Å². The van der Waals surface area contributed by atoms with Crippen molar-refractivity contribution < 1.29 is 19.4 Å². The van der Waals surface area contributed by atoms with Gasteiger partial charge in [0.2, 0.25) is 5.88 Å². The maximum absolute atomic E-state index is 10.6. The van der Waals surface area contributed by atoms with Gasteiger partial charge < -0.3 is 19.9 Å². The lowest BCUT2D eigenvalue weighted by Crippen LogP contribution is -2.09. The largest absolute Gasteiger partial charge is 0.480 e. The van der Waals surface area contributed by atoms with Gasteiger partial charge in [-0.25, -0.2) is 24.7 Å². The molecule has 0 amide bonds. The van der Waals surface area contributed by atoms with E-state index in [0.29, 0.717) is 28.3 Å². The number of hydrogen-bond donors (Lipinski definition) is 2. The van der Waals surface area contributed by atoms with Gasteiger partial charge in [-0.2, -0.15) is 0 Å². The van der Waals surface area contributed by atoms with Crippen LogP contribution < -0.4 is 14.8 Å². The van der Waals surface area contributed by atoms with Gasteiger partial charge in [0.05, 0.1) is 29.8 Å². The van der Waals surface area contributed by atoms with Gasteiger partial charge in [0.15, 0.2) is 6.61 Å². The summed E-state index contributed by atoms with van der Waals surface area (Å²) in [6, 6.07) is 6.67. The van der Waals surface area contributed by atoms with Gasteiger partial charge in [-0.05, 0) is 25.1 Å². The Hall–Kier alpha value is -4.05. The van der Waals surface area contributed by atoms with Gasteiger partial charge in [0.25, 0.3) is 0 Å². The van der Waals surface area contributed by atoms with Crippen molar-refractivity contribution in [2.24, 2.45) is 0 Å². The van der Waals surface area contributed by atoms with Gasteiger partial charge >= 0.3 is 5.97 Å². The minimum absolute atomic E-state index is 0.138. The number of ether oxygens (including phenoxy) is 2. The summed E-state index contributed by atoms with van der Waals surface area (Å²) in [5.41, 5.74) is 1.50. The number of nitrogens with zero attached hydrogens (tertiary/aromatic N) is 5. The van der Waals surface area contributed by atoms with Gasteiger partial charge in [-0.3, -0.25) is 4.98 Å². The second-order valence-electron chi connectivity index (χ2n) is 6.31. The van der Waals surface area contributed by atoms with Gasteiger partial charge in [-0.1, -0.05) is 11.6 Å². The standard InChI is InChI=1S/C20H15ClN6O4/c1-11-6-23-17(8-22-11)27-19-14-4-12(2-3-16(14)25-10-26-19)31-20-15(21)5-13(7-24-20)30-9-18(28)29/h2-8,10H,9H2,1H3,(H,28,29)(H,23,25,26,27). The first-order valence-corrected chi connectivity index (χ1v) is 9.34. The van der Waals surface area contributed by atoms with E-state index >= 15 is 0 Å². The highest BCUT2D eigenvalue weighted by Crippen LogP contribution is 2.32. The van der Waals surface area contributed by atoms with Gasteiger partial charge in [0.1, 0.15) is 34.5 Å². The van der Waals surface area contributed by atoms with E-state index in [-0.39, 0.29) is 16.7 Å². The van der Waals surface area contributed by atoms with Crippen molar-refractivity contribution in [3.63, 3.8) is 0 Å². The minimum atomic E-state index is -1.10. The SMILES string of the molecule is Cc1cnc(Nc2ncnc3ccc(Oc4ncc(OCC(=O)O)cc4Cl)cc23)cn1. The summed E-state index contributed by atoms with van der Waals surface area (Å²) in [5, 5.41) is 12.7. The lowest BCUT2D eigenvalue weighted by Gasteiger charge is -2.11. The highest BCUT2D eigenvalue weighted by molar-refractivity contribution is 6.32. The Morgan fingerprint density at radius 1 is 1.06 bits per heavy atom. The fraction of sp³-hybridized carbons (Fsp3) is 0.100. The van der Waals surface area contributed by atoms with E-state index in [0.717, 1.165) is 5.69 Å². The molecule has 3 heterocycles. The molecule has 0 radical (unpaired) electrons. The topological polar surface area (TPSA) is 132 Å². The van der Waals surface area contributed by atoms with Crippen LogP contribution in [0, 0.1) is 6.92 Å². The molecule has 0 atom stereocenters. The zero-order valence-corrected chi connectivity index (χ0v) is 16.9. The fourth-order valence-electron chi connectivity index (χ4n) is 2.60. The molecule has 156 valence electrons. The lowest BCUT2D eigenvalue weighted by atomic mass is 10.2. The summed E-state index contributed by atoms with van der Waals surface area (Å²) < 4.78 is 10.8. The summed E-state index contributed by atoms with van der Waals surface area (Å²) in [5.74, 6) is 0.783. The third-order valence-electron chi connectivity index (χ3n) is 3.99. The van der Waals surface area contributed by atoms with Crippen LogP contribution in [0.2, 0.25) is 5.02 Å². The van der Waals surface area contributed by atoms with E-state index < -0.39 is 12.6 Å². The quantitative estimate of drug-likeness (QED) is 0.439. The van der Waals surface area contributed by atoms with Crippen LogP contribution in [0.4, 0.5) is 11.6 Å². The van der Waals surface area contributed by atoms with E-state index in [4.69, 9.17) is 26.2 Å². The van der Waals surface area contributed by atoms with E-state index in [9.17, 15) is 4.79 Å². The number of benzene rings is 1. The summed E-state index contributed by atoms with van der Waals surface area (Å²) >= 11 is 6.20. The number of anilines is 2. The van der Waals surface area contributed by atoms with Crippen molar-refractivity contribution in [2.45, 2.75) is 6.92 Å². The van der Waals surface area contributed by atoms with Crippen molar-refractivity contribution >= 4 is 40.1 Å². The first-order valence-electron chi connectivity index (χ1n) is 8.96. The predicted octanol–water partition coefficient (Wildman–Crippen LogP) is 3.78. The Morgan fingerprint density at radius 2 is 1.94 bits per heavy atom. The molecule has 0 saturated heterocycles. The highest BCUT2D eigenvalue weighted by atomic mass is 35.5. The van der Waals surface area contributed by atoms with E-state index in [1.54, 1.807) is 30.6 Å². The second-order valence-corrected chi connectivity index (χ2v) is 6.72. The zero-order valence-electron chi connectivity index (χ0n) is 16.1. The molecule has 0 saturated carbocycles. The molecule has 0 fully saturated rings. The molecular weight excluding hydrogens is 424 g/mol. The van der Waals surface area contributed by atoms with Crippen molar-refractivity contribution in [1.29, 1.82) is 0 Å². The molecule has 10 nitrogen and oxygen atoms in total. The third-order valence-corrected chi connectivity index (χ3v) is 4.26. The van der Waals surface area contributed by atoms with Crippen LogP contribution in [0.1, 0.15) is 5.69 Å². The molecule has 31 heavy (non-hydrogen) atoms. The first-order chi connectivity index (χ1) is 15.0. The van der Waals surface area contributed by atoms with Gasteiger partial charge in [0, 0.05) is 11.5 Å². The Bertz CT molecular complexity index is 1250. The summed E-state index contributed by atoms with van der Waals surface area (Å²) in [7, 11) is 0. The van der Waals surface area contributed by atoms with Crippen LogP contribution in [-0.4, -0.2) is 42.6 Å². The lowest BCUT2D eigenvalue weighted by molar-refractivity contribution is -0.139. The summed E-state index contributed by atoms with van der Waals surface area (Å²) in [4.78, 5) is 31.7. The third kappa shape index (κ3) is 4.93. The molecule has 0 unspecified atom stereocenters. The molecule has 0 aliphatic carbocycles. The average molecular weight is 439 g/mol. The maximum atomic E-state index is 10.6.